The second kappa shape index (κ2) is 5.50. The zero-order valence-corrected chi connectivity index (χ0v) is 12.2. The maximum absolute atomic E-state index is 11.9. The summed E-state index contributed by atoms with van der Waals surface area (Å²) in [6.45, 7) is 3.65. The Morgan fingerprint density at radius 2 is 1.79 bits per heavy atom. The van der Waals surface area contributed by atoms with Crippen LogP contribution < -0.4 is 5.32 Å². The summed E-state index contributed by atoms with van der Waals surface area (Å²) in [5.74, 6) is 0.641. The van der Waals surface area contributed by atoms with E-state index in [1.54, 1.807) is 11.1 Å². The molecule has 1 N–H and O–H groups in total. The molecule has 1 aliphatic carbocycles. The fourth-order valence-corrected chi connectivity index (χ4v) is 2.97. The Morgan fingerprint density at radius 3 is 2.26 bits per heavy atom. The Kier molecular flexibility index (Phi) is 4.15. The number of nitrogens with zero attached hydrogens (tertiary/aromatic N) is 2. The Labute approximate surface area is 114 Å². The number of allylic oxidation sites excluding steroid dienone is 1. The van der Waals surface area contributed by atoms with Gasteiger partial charge in [0.25, 0.3) is 0 Å². The zero-order valence-electron chi connectivity index (χ0n) is 11.4. The number of hydrogen-bond acceptors (Lipinski definition) is 3. The lowest BCUT2D eigenvalue weighted by atomic mass is 10.2. The van der Waals surface area contributed by atoms with E-state index >= 15 is 0 Å². The first-order valence-corrected chi connectivity index (χ1v) is 8.40. The minimum atomic E-state index is -3.14. The third-order valence-electron chi connectivity index (χ3n) is 3.64. The lowest BCUT2D eigenvalue weighted by Crippen LogP contribution is -2.52. The summed E-state index contributed by atoms with van der Waals surface area (Å²) in [6.07, 6.45) is 5.41. The third-order valence-corrected chi connectivity index (χ3v) is 4.94. The first-order valence-electron chi connectivity index (χ1n) is 6.55. The number of carbonyl (C=O) groups excluding carboxylic acids is 1. The topological polar surface area (TPSA) is 69.7 Å². The molecule has 108 valence electrons. The van der Waals surface area contributed by atoms with Gasteiger partial charge in [0.2, 0.25) is 10.0 Å². The molecule has 0 bridgehead atoms. The molecule has 1 heterocycles. The number of carbonyl (C=O) groups is 1. The lowest BCUT2D eigenvalue weighted by molar-refractivity contribution is 0.175. The van der Waals surface area contributed by atoms with Gasteiger partial charge in [0.15, 0.2) is 0 Å². The molecule has 2 rings (SSSR count). The second-order valence-corrected chi connectivity index (χ2v) is 7.24. The Hall–Kier alpha value is -1.08. The SMILES string of the molecule is C/C(=C\NC(=O)N1CCN(S(C)(=O)=O)CC1)C1CC1. The van der Waals surface area contributed by atoms with Crippen molar-refractivity contribution >= 4 is 16.1 Å². The number of amides is 2. The van der Waals surface area contributed by atoms with Crippen LogP contribution in [0.5, 0.6) is 0 Å². The molecule has 7 heteroatoms. The minimum Gasteiger partial charge on any atom is -0.322 e. The maximum Gasteiger partial charge on any atom is 0.321 e. The number of piperazine rings is 1. The van der Waals surface area contributed by atoms with Crippen LogP contribution in [0.4, 0.5) is 4.79 Å². The molecule has 0 radical (unpaired) electrons. The molecule has 0 spiro atoms. The van der Waals surface area contributed by atoms with Crippen molar-refractivity contribution in [1.29, 1.82) is 0 Å². The first kappa shape index (κ1) is 14.3. The second-order valence-electron chi connectivity index (χ2n) is 5.26. The van der Waals surface area contributed by atoms with E-state index in [2.05, 4.69) is 5.32 Å². The fourth-order valence-electron chi connectivity index (χ4n) is 2.15. The van der Waals surface area contributed by atoms with Gasteiger partial charge in [-0.15, -0.1) is 0 Å². The Bertz CT molecular complexity index is 474. The normalized spacial score (nSPS) is 22.4. The molecule has 19 heavy (non-hydrogen) atoms. The maximum atomic E-state index is 11.9. The van der Waals surface area contributed by atoms with Crippen LogP contribution >= 0.6 is 0 Å². The van der Waals surface area contributed by atoms with Crippen molar-refractivity contribution in [2.75, 3.05) is 32.4 Å². The van der Waals surface area contributed by atoms with Gasteiger partial charge >= 0.3 is 6.03 Å². The van der Waals surface area contributed by atoms with Gasteiger partial charge in [-0.25, -0.2) is 13.2 Å². The Balaban J connectivity index is 1.80. The van der Waals surface area contributed by atoms with Crippen LogP contribution in [0.2, 0.25) is 0 Å². The summed E-state index contributed by atoms with van der Waals surface area (Å²) < 4.78 is 24.1. The molecule has 0 aromatic heterocycles. The van der Waals surface area contributed by atoms with Gasteiger partial charge in [0.1, 0.15) is 0 Å². The predicted octanol–water partition coefficient (Wildman–Crippen LogP) is 0.587. The molecule has 0 aromatic rings. The summed E-state index contributed by atoms with van der Waals surface area (Å²) in [5.41, 5.74) is 1.21. The first-order chi connectivity index (χ1) is 8.88. The van der Waals surface area contributed by atoms with Crippen LogP contribution in [0.1, 0.15) is 19.8 Å². The Morgan fingerprint density at radius 1 is 1.21 bits per heavy atom. The molecule has 1 aliphatic heterocycles. The van der Waals surface area contributed by atoms with Crippen molar-refractivity contribution in [3.63, 3.8) is 0 Å². The molecule has 1 saturated heterocycles. The molecular formula is C12H21N3O3S. The van der Waals surface area contributed by atoms with Crippen molar-refractivity contribution in [1.82, 2.24) is 14.5 Å². The van der Waals surface area contributed by atoms with Crippen molar-refractivity contribution in [2.45, 2.75) is 19.8 Å². The van der Waals surface area contributed by atoms with E-state index in [1.165, 1.54) is 29.0 Å². The molecule has 0 unspecified atom stereocenters. The summed E-state index contributed by atoms with van der Waals surface area (Å²) in [5, 5.41) is 2.78. The van der Waals surface area contributed by atoms with E-state index in [0.29, 0.717) is 32.1 Å². The van der Waals surface area contributed by atoms with Crippen LogP contribution in [0, 0.1) is 5.92 Å². The predicted molar refractivity (Wildman–Crippen MR) is 73.0 cm³/mol. The van der Waals surface area contributed by atoms with Gasteiger partial charge in [-0.3, -0.25) is 0 Å². The van der Waals surface area contributed by atoms with Crippen LogP contribution in [-0.2, 0) is 10.0 Å². The minimum absolute atomic E-state index is 0.145. The van der Waals surface area contributed by atoms with Crippen molar-refractivity contribution in [2.24, 2.45) is 5.92 Å². The average Bonchev–Trinajstić information content (AvgIpc) is 3.19. The van der Waals surface area contributed by atoms with Crippen LogP contribution in [0.25, 0.3) is 0 Å². The summed E-state index contributed by atoms with van der Waals surface area (Å²) in [7, 11) is -3.14. The average molecular weight is 287 g/mol. The van der Waals surface area contributed by atoms with E-state index in [0.717, 1.165) is 0 Å². The lowest BCUT2D eigenvalue weighted by Gasteiger charge is -2.32. The van der Waals surface area contributed by atoms with Crippen molar-refractivity contribution in [3.05, 3.63) is 11.8 Å². The monoisotopic (exact) mass is 287 g/mol. The van der Waals surface area contributed by atoms with E-state index in [-0.39, 0.29) is 6.03 Å². The van der Waals surface area contributed by atoms with E-state index in [9.17, 15) is 13.2 Å². The largest absolute Gasteiger partial charge is 0.322 e. The van der Waals surface area contributed by atoms with E-state index in [1.807, 2.05) is 6.92 Å². The van der Waals surface area contributed by atoms with Gasteiger partial charge in [-0.05, 0) is 25.7 Å². The quantitative estimate of drug-likeness (QED) is 0.826. The van der Waals surface area contributed by atoms with Gasteiger partial charge in [0, 0.05) is 32.4 Å². The van der Waals surface area contributed by atoms with Crippen molar-refractivity contribution < 1.29 is 13.2 Å². The number of hydrogen-bond donors (Lipinski definition) is 1. The highest BCUT2D eigenvalue weighted by Crippen LogP contribution is 2.35. The number of sulfonamides is 1. The summed E-state index contributed by atoms with van der Waals surface area (Å²) in [6, 6.07) is -0.145. The molecule has 2 amide bonds. The van der Waals surface area contributed by atoms with E-state index in [4.69, 9.17) is 0 Å². The standard InChI is InChI=1S/C12H21N3O3S/c1-10(11-3-4-11)9-13-12(16)14-5-7-15(8-6-14)19(2,17)18/h9,11H,3-8H2,1-2H3,(H,13,16)/b10-9+. The summed E-state index contributed by atoms with van der Waals surface area (Å²) >= 11 is 0. The van der Waals surface area contributed by atoms with Gasteiger partial charge in [-0.2, -0.15) is 4.31 Å². The number of rotatable bonds is 3. The molecule has 2 fully saturated rings. The highest BCUT2D eigenvalue weighted by Gasteiger charge is 2.26. The molecular weight excluding hydrogens is 266 g/mol. The van der Waals surface area contributed by atoms with E-state index < -0.39 is 10.0 Å². The number of nitrogens with one attached hydrogen (secondary N) is 1. The van der Waals surface area contributed by atoms with Gasteiger partial charge < -0.3 is 10.2 Å². The highest BCUT2D eigenvalue weighted by molar-refractivity contribution is 7.88. The fraction of sp³-hybridized carbons (Fsp3) is 0.750. The van der Waals surface area contributed by atoms with Crippen molar-refractivity contribution in [3.8, 4) is 0 Å². The molecule has 0 atom stereocenters. The van der Waals surface area contributed by atoms with Crippen LogP contribution in [0.15, 0.2) is 11.8 Å². The summed E-state index contributed by atoms with van der Waals surface area (Å²) in [4.78, 5) is 13.6. The van der Waals surface area contributed by atoms with Crippen LogP contribution in [0.3, 0.4) is 0 Å². The molecule has 2 aliphatic rings. The smallest absolute Gasteiger partial charge is 0.321 e. The molecule has 6 nitrogen and oxygen atoms in total. The molecule has 0 aromatic carbocycles. The van der Waals surface area contributed by atoms with Gasteiger partial charge in [-0.1, -0.05) is 5.57 Å². The highest BCUT2D eigenvalue weighted by atomic mass is 32.2. The number of urea groups is 1. The molecule has 1 saturated carbocycles. The zero-order chi connectivity index (χ0) is 14.0. The van der Waals surface area contributed by atoms with Crippen LogP contribution in [-0.4, -0.2) is 56.1 Å². The third kappa shape index (κ3) is 3.94. The van der Waals surface area contributed by atoms with Gasteiger partial charge in [0.05, 0.1) is 6.26 Å².